The first-order valence-electron chi connectivity index (χ1n) is 5.76. The molecule has 0 aliphatic heterocycles. The van der Waals surface area contributed by atoms with Crippen LogP contribution >= 0.6 is 22.9 Å². The van der Waals surface area contributed by atoms with Crippen molar-refractivity contribution < 1.29 is 13.2 Å². The van der Waals surface area contributed by atoms with E-state index < -0.39 is 10.0 Å². The molecule has 0 bridgehead atoms. The molecule has 7 heteroatoms. The Morgan fingerprint density at radius 1 is 1.35 bits per heavy atom. The molecule has 1 heterocycles. The number of anilines is 1. The zero-order valence-corrected chi connectivity index (χ0v) is 13.4. The monoisotopic (exact) mass is 331 g/mol. The van der Waals surface area contributed by atoms with Crippen molar-refractivity contribution in [3.05, 3.63) is 41.3 Å². The van der Waals surface area contributed by atoms with Crippen molar-refractivity contribution in [1.29, 1.82) is 0 Å². The maximum absolute atomic E-state index is 12.6. The lowest BCUT2D eigenvalue weighted by Gasteiger charge is -2.20. The molecular formula is C13H14ClNO3S2. The SMILES string of the molecule is COc1ccccc1N(C)S(=O)(=O)c1cc(CCl)cs1. The van der Waals surface area contributed by atoms with Crippen LogP contribution in [-0.4, -0.2) is 22.6 Å². The molecule has 2 aromatic rings. The molecule has 0 atom stereocenters. The highest BCUT2D eigenvalue weighted by atomic mass is 35.5. The van der Waals surface area contributed by atoms with Crippen LogP contribution in [0.3, 0.4) is 0 Å². The van der Waals surface area contributed by atoms with E-state index in [2.05, 4.69) is 0 Å². The molecule has 0 aliphatic carbocycles. The van der Waals surface area contributed by atoms with Crippen molar-refractivity contribution in [2.75, 3.05) is 18.5 Å². The van der Waals surface area contributed by atoms with Crippen LogP contribution in [0, 0.1) is 0 Å². The van der Waals surface area contributed by atoms with Gasteiger partial charge in [0.15, 0.2) is 0 Å². The number of hydrogen-bond acceptors (Lipinski definition) is 4. The quantitative estimate of drug-likeness (QED) is 0.790. The Morgan fingerprint density at radius 2 is 2.05 bits per heavy atom. The van der Waals surface area contributed by atoms with E-state index in [1.807, 2.05) is 0 Å². The number of sulfonamides is 1. The first-order chi connectivity index (χ1) is 9.50. The third-order valence-corrected chi connectivity index (χ3v) is 6.37. The van der Waals surface area contributed by atoms with Crippen LogP contribution in [0.5, 0.6) is 5.75 Å². The van der Waals surface area contributed by atoms with Gasteiger partial charge in [0.25, 0.3) is 10.0 Å². The molecule has 2 rings (SSSR count). The molecule has 0 radical (unpaired) electrons. The van der Waals surface area contributed by atoms with Crippen molar-refractivity contribution in [2.45, 2.75) is 10.1 Å². The number of halogens is 1. The summed E-state index contributed by atoms with van der Waals surface area (Å²) in [5, 5.41) is 1.75. The average molecular weight is 332 g/mol. The van der Waals surface area contributed by atoms with Gasteiger partial charge in [0.2, 0.25) is 0 Å². The van der Waals surface area contributed by atoms with Crippen LogP contribution < -0.4 is 9.04 Å². The summed E-state index contributed by atoms with van der Waals surface area (Å²) in [6.45, 7) is 0. The maximum atomic E-state index is 12.6. The fraction of sp³-hybridized carbons (Fsp3) is 0.231. The second kappa shape index (κ2) is 6.03. The molecule has 0 amide bonds. The summed E-state index contributed by atoms with van der Waals surface area (Å²) in [6, 6.07) is 8.58. The predicted molar refractivity (Wildman–Crippen MR) is 82.5 cm³/mol. The number of rotatable bonds is 5. The number of thiophene rings is 1. The molecule has 108 valence electrons. The smallest absolute Gasteiger partial charge is 0.273 e. The Morgan fingerprint density at radius 3 is 2.65 bits per heavy atom. The van der Waals surface area contributed by atoms with E-state index in [-0.39, 0.29) is 4.21 Å². The first kappa shape index (κ1) is 15.2. The molecule has 0 aliphatic rings. The van der Waals surface area contributed by atoms with Gasteiger partial charge in [-0.15, -0.1) is 22.9 Å². The summed E-state index contributed by atoms with van der Waals surface area (Å²) in [7, 11) is -0.584. The summed E-state index contributed by atoms with van der Waals surface area (Å²) in [5.74, 6) is 0.803. The lowest BCUT2D eigenvalue weighted by molar-refractivity contribution is 0.416. The highest BCUT2D eigenvalue weighted by Crippen LogP contribution is 2.32. The van der Waals surface area contributed by atoms with Crippen LogP contribution in [-0.2, 0) is 15.9 Å². The van der Waals surface area contributed by atoms with E-state index in [4.69, 9.17) is 16.3 Å². The normalized spacial score (nSPS) is 11.3. The number of hydrogen-bond donors (Lipinski definition) is 0. The van der Waals surface area contributed by atoms with Gasteiger partial charge in [-0.2, -0.15) is 0 Å². The van der Waals surface area contributed by atoms with Gasteiger partial charge in [-0.3, -0.25) is 4.31 Å². The van der Waals surface area contributed by atoms with Crippen molar-refractivity contribution in [3.8, 4) is 5.75 Å². The first-order valence-corrected chi connectivity index (χ1v) is 8.61. The fourth-order valence-corrected chi connectivity index (χ4v) is 4.54. The third kappa shape index (κ3) is 2.77. The Labute approximate surface area is 127 Å². The minimum atomic E-state index is -3.60. The van der Waals surface area contributed by atoms with E-state index in [1.165, 1.54) is 18.5 Å². The molecule has 0 saturated carbocycles. The minimum Gasteiger partial charge on any atom is -0.495 e. The summed E-state index contributed by atoms with van der Waals surface area (Å²) in [5.41, 5.74) is 1.29. The number of methoxy groups -OCH3 is 1. The summed E-state index contributed by atoms with van der Waals surface area (Å²) < 4.78 is 31.8. The highest BCUT2D eigenvalue weighted by molar-refractivity contribution is 7.94. The van der Waals surface area contributed by atoms with Gasteiger partial charge in [0.1, 0.15) is 9.96 Å². The molecular weight excluding hydrogens is 318 g/mol. The van der Waals surface area contributed by atoms with Gasteiger partial charge in [-0.05, 0) is 29.1 Å². The van der Waals surface area contributed by atoms with Crippen LogP contribution in [0.2, 0.25) is 0 Å². The van der Waals surface area contributed by atoms with Gasteiger partial charge >= 0.3 is 0 Å². The molecule has 0 spiro atoms. The zero-order chi connectivity index (χ0) is 14.8. The van der Waals surface area contributed by atoms with E-state index >= 15 is 0 Å². The van der Waals surface area contributed by atoms with Crippen molar-refractivity contribution in [1.82, 2.24) is 0 Å². The van der Waals surface area contributed by atoms with Gasteiger partial charge in [-0.25, -0.2) is 8.42 Å². The Kier molecular flexibility index (Phi) is 4.57. The number of nitrogens with zero attached hydrogens (tertiary/aromatic N) is 1. The van der Waals surface area contributed by atoms with Gasteiger partial charge < -0.3 is 4.74 Å². The van der Waals surface area contributed by atoms with E-state index in [0.29, 0.717) is 17.3 Å². The summed E-state index contributed by atoms with van der Waals surface area (Å²) in [6.07, 6.45) is 0. The van der Waals surface area contributed by atoms with Crippen LogP contribution in [0.25, 0.3) is 0 Å². The molecule has 1 aromatic heterocycles. The van der Waals surface area contributed by atoms with Crippen molar-refractivity contribution in [2.24, 2.45) is 0 Å². The predicted octanol–water partition coefficient (Wildman–Crippen LogP) is 3.32. The second-order valence-electron chi connectivity index (χ2n) is 4.05. The van der Waals surface area contributed by atoms with Crippen LogP contribution in [0.15, 0.2) is 39.9 Å². The molecule has 0 unspecified atom stereocenters. The molecule has 1 aromatic carbocycles. The van der Waals surface area contributed by atoms with Crippen molar-refractivity contribution >= 4 is 38.6 Å². The lowest BCUT2D eigenvalue weighted by Crippen LogP contribution is -2.26. The third-order valence-electron chi connectivity index (χ3n) is 2.82. The van der Waals surface area contributed by atoms with E-state index in [9.17, 15) is 8.42 Å². The molecule has 0 fully saturated rings. The van der Waals surface area contributed by atoms with Crippen LogP contribution in [0.4, 0.5) is 5.69 Å². The number of ether oxygens (including phenoxy) is 1. The molecule has 4 nitrogen and oxygen atoms in total. The molecule has 20 heavy (non-hydrogen) atoms. The lowest BCUT2D eigenvalue weighted by atomic mass is 10.3. The Balaban J connectivity index is 2.43. The maximum Gasteiger partial charge on any atom is 0.273 e. The van der Waals surface area contributed by atoms with Gasteiger partial charge in [-0.1, -0.05) is 12.1 Å². The fourth-order valence-electron chi connectivity index (χ4n) is 1.71. The number of benzene rings is 1. The van der Waals surface area contributed by atoms with Gasteiger partial charge in [0, 0.05) is 12.9 Å². The zero-order valence-electron chi connectivity index (χ0n) is 11.0. The molecule has 0 N–H and O–H groups in total. The Bertz CT molecular complexity index is 697. The topological polar surface area (TPSA) is 46.6 Å². The van der Waals surface area contributed by atoms with Crippen molar-refractivity contribution in [3.63, 3.8) is 0 Å². The second-order valence-corrected chi connectivity index (χ2v) is 7.43. The van der Waals surface area contributed by atoms with Gasteiger partial charge in [0.05, 0.1) is 12.8 Å². The van der Waals surface area contributed by atoms with E-state index in [0.717, 1.165) is 16.9 Å². The Hall–Kier alpha value is -1.24. The number of alkyl halides is 1. The summed E-state index contributed by atoms with van der Waals surface area (Å²) in [4.78, 5) is 0. The number of para-hydroxylation sites is 2. The van der Waals surface area contributed by atoms with E-state index in [1.54, 1.807) is 35.7 Å². The summed E-state index contributed by atoms with van der Waals surface area (Å²) >= 11 is 6.88. The standard InChI is InChI=1S/C13H14ClNO3S2/c1-15(11-5-3-4-6-12(11)18-2)20(16,17)13-7-10(8-14)9-19-13/h3-7,9H,8H2,1-2H3. The average Bonchev–Trinajstić information content (AvgIpc) is 2.96. The molecule has 0 saturated heterocycles. The minimum absolute atomic E-state index is 0.265. The highest BCUT2D eigenvalue weighted by Gasteiger charge is 2.25. The van der Waals surface area contributed by atoms with Crippen LogP contribution in [0.1, 0.15) is 5.56 Å². The largest absolute Gasteiger partial charge is 0.495 e.